The van der Waals surface area contributed by atoms with Crippen LogP contribution in [0.15, 0.2) is 40.7 Å². The van der Waals surface area contributed by atoms with Crippen LogP contribution in [0.25, 0.3) is 0 Å². The Morgan fingerprint density at radius 2 is 2.00 bits per heavy atom. The first kappa shape index (κ1) is 19.5. The van der Waals surface area contributed by atoms with E-state index >= 15 is 0 Å². The van der Waals surface area contributed by atoms with Crippen molar-refractivity contribution in [2.24, 2.45) is 0 Å². The van der Waals surface area contributed by atoms with Gasteiger partial charge in [0.1, 0.15) is 0 Å². The molecule has 1 unspecified atom stereocenters. The van der Waals surface area contributed by atoms with E-state index in [0.717, 1.165) is 43.5 Å². The topological polar surface area (TPSA) is 79.4 Å². The van der Waals surface area contributed by atoms with Crippen molar-refractivity contribution in [3.05, 3.63) is 46.4 Å². The predicted molar refractivity (Wildman–Crippen MR) is 109 cm³/mol. The molecule has 1 aromatic heterocycles. The number of thiazole rings is 1. The largest absolute Gasteiger partial charge is 0.338 e. The van der Waals surface area contributed by atoms with Crippen molar-refractivity contribution < 1.29 is 13.2 Å². The summed E-state index contributed by atoms with van der Waals surface area (Å²) in [5, 5.41) is 3.02. The summed E-state index contributed by atoms with van der Waals surface area (Å²) in [6.07, 6.45) is 7.62. The molecule has 0 radical (unpaired) electrons. The van der Waals surface area contributed by atoms with Crippen LogP contribution in [0.1, 0.15) is 59.8 Å². The number of rotatable bonds is 5. The molecular formula is C20H25N3O3S2. The summed E-state index contributed by atoms with van der Waals surface area (Å²) in [7, 11) is -3.61. The number of aromatic nitrogens is 1. The molecule has 1 atom stereocenters. The van der Waals surface area contributed by atoms with Gasteiger partial charge in [-0.1, -0.05) is 18.9 Å². The van der Waals surface area contributed by atoms with Gasteiger partial charge in [-0.05, 0) is 43.9 Å². The van der Waals surface area contributed by atoms with E-state index < -0.39 is 10.0 Å². The molecule has 1 aliphatic heterocycles. The lowest BCUT2D eigenvalue weighted by Gasteiger charge is -2.32. The van der Waals surface area contributed by atoms with Gasteiger partial charge < -0.3 is 4.90 Å². The number of nitrogens with one attached hydrogen (secondary N) is 1. The van der Waals surface area contributed by atoms with Crippen LogP contribution in [0, 0.1) is 0 Å². The zero-order valence-electron chi connectivity index (χ0n) is 15.7. The SMILES string of the molecule is O=C(c1cccc(S(=O)(=O)NC2CCCC2)c1)N1CCCC(c2nccs2)C1. The van der Waals surface area contributed by atoms with Gasteiger partial charge in [-0.15, -0.1) is 11.3 Å². The molecular weight excluding hydrogens is 394 g/mol. The number of hydrogen-bond acceptors (Lipinski definition) is 5. The summed E-state index contributed by atoms with van der Waals surface area (Å²) in [6, 6.07) is 6.42. The van der Waals surface area contributed by atoms with Gasteiger partial charge in [0.25, 0.3) is 5.91 Å². The monoisotopic (exact) mass is 419 g/mol. The number of sulfonamides is 1. The molecule has 1 saturated heterocycles. The summed E-state index contributed by atoms with van der Waals surface area (Å²) in [4.78, 5) is 19.4. The number of carbonyl (C=O) groups is 1. The van der Waals surface area contributed by atoms with E-state index in [1.165, 1.54) is 6.07 Å². The van der Waals surface area contributed by atoms with Crippen LogP contribution in [0.2, 0.25) is 0 Å². The number of hydrogen-bond donors (Lipinski definition) is 1. The molecule has 1 aliphatic carbocycles. The Labute approximate surface area is 170 Å². The second-order valence-electron chi connectivity index (χ2n) is 7.59. The van der Waals surface area contributed by atoms with E-state index in [-0.39, 0.29) is 22.8 Å². The van der Waals surface area contributed by atoms with E-state index in [2.05, 4.69) is 9.71 Å². The van der Waals surface area contributed by atoms with Crippen molar-refractivity contribution in [1.29, 1.82) is 0 Å². The summed E-state index contributed by atoms with van der Waals surface area (Å²) in [5.74, 6) is 0.146. The minimum absolute atomic E-state index is 0.00510. The van der Waals surface area contributed by atoms with Crippen LogP contribution < -0.4 is 4.72 Å². The summed E-state index contributed by atoms with van der Waals surface area (Å²) >= 11 is 1.62. The Bertz CT molecular complexity index is 922. The number of carbonyl (C=O) groups excluding carboxylic acids is 1. The highest BCUT2D eigenvalue weighted by Gasteiger charge is 2.28. The zero-order chi connectivity index (χ0) is 19.6. The molecule has 0 spiro atoms. The minimum Gasteiger partial charge on any atom is -0.338 e. The molecule has 2 fully saturated rings. The van der Waals surface area contributed by atoms with Crippen LogP contribution in [0.5, 0.6) is 0 Å². The third-order valence-corrected chi connectivity index (χ3v) is 8.03. The Kier molecular flexibility index (Phi) is 5.80. The quantitative estimate of drug-likeness (QED) is 0.806. The minimum atomic E-state index is -3.61. The normalized spacial score (nSPS) is 21.1. The highest BCUT2D eigenvalue weighted by Crippen LogP contribution is 2.29. The van der Waals surface area contributed by atoms with Gasteiger partial charge in [0.2, 0.25) is 10.0 Å². The third-order valence-electron chi connectivity index (χ3n) is 5.58. The Morgan fingerprint density at radius 3 is 2.75 bits per heavy atom. The number of benzene rings is 1. The molecule has 2 heterocycles. The lowest BCUT2D eigenvalue weighted by atomic mass is 9.98. The van der Waals surface area contributed by atoms with Gasteiger partial charge in [-0.25, -0.2) is 18.1 Å². The summed E-state index contributed by atoms with van der Waals surface area (Å²) in [5.41, 5.74) is 0.425. The average Bonchev–Trinajstić information content (AvgIpc) is 3.41. The van der Waals surface area contributed by atoms with Gasteiger partial charge in [-0.3, -0.25) is 4.79 Å². The summed E-state index contributed by atoms with van der Waals surface area (Å²) < 4.78 is 28.2. The number of likely N-dealkylation sites (tertiary alicyclic amines) is 1. The van der Waals surface area contributed by atoms with Gasteiger partial charge >= 0.3 is 0 Å². The molecule has 2 aliphatic rings. The smallest absolute Gasteiger partial charge is 0.253 e. The maximum Gasteiger partial charge on any atom is 0.253 e. The van der Waals surface area contributed by atoms with Crippen LogP contribution in [-0.4, -0.2) is 43.3 Å². The first-order valence-electron chi connectivity index (χ1n) is 9.84. The first-order valence-corrected chi connectivity index (χ1v) is 12.2. The third kappa shape index (κ3) is 4.29. The fraction of sp³-hybridized carbons (Fsp3) is 0.500. The maximum absolute atomic E-state index is 13.0. The Morgan fingerprint density at radius 1 is 1.18 bits per heavy atom. The second-order valence-corrected chi connectivity index (χ2v) is 10.2. The zero-order valence-corrected chi connectivity index (χ0v) is 17.3. The van der Waals surface area contributed by atoms with Crippen molar-refractivity contribution in [2.45, 2.75) is 55.4 Å². The van der Waals surface area contributed by atoms with E-state index in [1.807, 2.05) is 10.3 Å². The standard InChI is InChI=1S/C20H25N3O3S2/c24-20(23-11-4-6-16(14-23)19-21-10-12-27-19)15-5-3-9-18(13-15)28(25,26)22-17-7-1-2-8-17/h3,5,9-10,12-13,16-17,22H,1-2,4,6-8,11,14H2. The van der Waals surface area contributed by atoms with Crippen LogP contribution >= 0.6 is 11.3 Å². The highest BCUT2D eigenvalue weighted by molar-refractivity contribution is 7.89. The highest BCUT2D eigenvalue weighted by atomic mass is 32.2. The molecule has 2 aromatic rings. The van der Waals surface area contributed by atoms with Crippen molar-refractivity contribution in [3.63, 3.8) is 0 Å². The number of piperidine rings is 1. The predicted octanol–water partition coefficient (Wildman–Crippen LogP) is 3.38. The van der Waals surface area contributed by atoms with Crippen LogP contribution in [-0.2, 0) is 10.0 Å². The molecule has 28 heavy (non-hydrogen) atoms. The molecule has 0 bridgehead atoms. The van der Waals surface area contributed by atoms with Gasteiger partial charge in [0.05, 0.1) is 9.90 Å². The van der Waals surface area contributed by atoms with Crippen molar-refractivity contribution in [1.82, 2.24) is 14.6 Å². The van der Waals surface area contributed by atoms with Crippen molar-refractivity contribution in [3.8, 4) is 0 Å². The second kappa shape index (κ2) is 8.31. The molecule has 1 saturated carbocycles. The molecule has 150 valence electrons. The van der Waals surface area contributed by atoms with E-state index in [1.54, 1.807) is 35.7 Å². The van der Waals surface area contributed by atoms with Crippen molar-refractivity contribution in [2.75, 3.05) is 13.1 Å². The molecule has 4 rings (SSSR count). The summed E-state index contributed by atoms with van der Waals surface area (Å²) in [6.45, 7) is 1.32. The molecule has 1 amide bonds. The first-order chi connectivity index (χ1) is 13.5. The molecule has 1 aromatic carbocycles. The average molecular weight is 420 g/mol. The number of nitrogens with zero attached hydrogens (tertiary/aromatic N) is 2. The fourth-order valence-electron chi connectivity index (χ4n) is 4.11. The molecule has 1 N–H and O–H groups in total. The lowest BCUT2D eigenvalue weighted by Crippen LogP contribution is -2.39. The van der Waals surface area contributed by atoms with Gasteiger partial charge in [-0.2, -0.15) is 0 Å². The lowest BCUT2D eigenvalue weighted by molar-refractivity contribution is 0.0707. The fourth-order valence-corrected chi connectivity index (χ4v) is 6.23. The van der Waals surface area contributed by atoms with Crippen molar-refractivity contribution >= 4 is 27.3 Å². The Hall–Kier alpha value is -1.77. The van der Waals surface area contributed by atoms with Gasteiger partial charge in [0.15, 0.2) is 0 Å². The number of amides is 1. The van der Waals surface area contributed by atoms with E-state index in [9.17, 15) is 13.2 Å². The maximum atomic E-state index is 13.0. The van der Waals surface area contributed by atoms with Crippen LogP contribution in [0.3, 0.4) is 0 Å². The molecule has 8 heteroatoms. The molecule has 6 nitrogen and oxygen atoms in total. The van der Waals surface area contributed by atoms with Gasteiger partial charge in [0, 0.05) is 42.2 Å². The van der Waals surface area contributed by atoms with Crippen LogP contribution in [0.4, 0.5) is 0 Å². The van der Waals surface area contributed by atoms with E-state index in [4.69, 9.17) is 0 Å². The Balaban J connectivity index is 1.49. The van der Waals surface area contributed by atoms with E-state index in [0.29, 0.717) is 18.7 Å².